The highest BCUT2D eigenvalue weighted by Crippen LogP contribution is 2.19. The first kappa shape index (κ1) is 15.0. The summed E-state index contributed by atoms with van der Waals surface area (Å²) < 4.78 is 5.51. The number of carbonyl (C=O) groups excluding carboxylic acids is 2. The van der Waals surface area contributed by atoms with Gasteiger partial charge in [-0.2, -0.15) is 0 Å². The molecule has 3 N–H and O–H groups in total. The fourth-order valence-corrected chi connectivity index (χ4v) is 3.05. The molecule has 2 aliphatic heterocycles. The summed E-state index contributed by atoms with van der Waals surface area (Å²) in [5.74, 6) is -0.112. The monoisotopic (exact) mass is 303 g/mol. The number of nitrogens with zero attached hydrogens (tertiary/aromatic N) is 1. The summed E-state index contributed by atoms with van der Waals surface area (Å²) in [5, 5.41) is 2.91. The summed E-state index contributed by atoms with van der Waals surface area (Å²) >= 11 is 0. The Bertz CT molecular complexity index is 558. The Morgan fingerprint density at radius 1 is 1.36 bits per heavy atom. The van der Waals surface area contributed by atoms with Crippen molar-refractivity contribution in [2.45, 2.75) is 25.0 Å². The van der Waals surface area contributed by atoms with Gasteiger partial charge >= 0.3 is 0 Å². The zero-order chi connectivity index (χ0) is 15.5. The van der Waals surface area contributed by atoms with Crippen molar-refractivity contribution in [2.75, 3.05) is 26.2 Å². The second-order valence-corrected chi connectivity index (χ2v) is 5.80. The summed E-state index contributed by atoms with van der Waals surface area (Å²) in [6, 6.07) is 7.47. The standard InChI is InChI=1S/C16H21N3O3/c17-7-5-11-1-3-12(4-2-11)16(21)19-8-6-14-13(9-19)18-15(20)10-22-14/h1-4,13-14H,5-10,17H2,(H,18,20)/t13-,14-/m0/s1. The molecular formula is C16H21N3O3. The first-order chi connectivity index (χ1) is 10.7. The molecule has 0 aliphatic carbocycles. The van der Waals surface area contributed by atoms with E-state index in [4.69, 9.17) is 10.5 Å². The van der Waals surface area contributed by atoms with E-state index in [2.05, 4.69) is 5.32 Å². The van der Waals surface area contributed by atoms with Crippen molar-refractivity contribution in [1.29, 1.82) is 0 Å². The number of piperidine rings is 1. The average Bonchev–Trinajstić information content (AvgIpc) is 2.54. The molecule has 0 unspecified atom stereocenters. The second kappa shape index (κ2) is 6.46. The van der Waals surface area contributed by atoms with Crippen LogP contribution in [0.4, 0.5) is 0 Å². The first-order valence-electron chi connectivity index (χ1n) is 7.66. The van der Waals surface area contributed by atoms with Crippen molar-refractivity contribution in [3.63, 3.8) is 0 Å². The van der Waals surface area contributed by atoms with Gasteiger partial charge in [0.25, 0.3) is 5.91 Å². The number of carbonyl (C=O) groups is 2. The van der Waals surface area contributed by atoms with Gasteiger partial charge in [-0.05, 0) is 37.1 Å². The number of rotatable bonds is 3. The normalized spacial score (nSPS) is 24.6. The zero-order valence-corrected chi connectivity index (χ0v) is 12.5. The predicted octanol–water partition coefficient (Wildman–Crippen LogP) is -0.0827. The maximum Gasteiger partial charge on any atom is 0.253 e. The van der Waals surface area contributed by atoms with Crippen LogP contribution >= 0.6 is 0 Å². The Hall–Kier alpha value is -1.92. The fraction of sp³-hybridized carbons (Fsp3) is 0.500. The number of fused-ring (bicyclic) bond motifs is 1. The van der Waals surface area contributed by atoms with Crippen LogP contribution in [0.3, 0.4) is 0 Å². The molecule has 1 aromatic carbocycles. The zero-order valence-electron chi connectivity index (χ0n) is 12.5. The van der Waals surface area contributed by atoms with Gasteiger partial charge in [-0.15, -0.1) is 0 Å². The maximum atomic E-state index is 12.6. The van der Waals surface area contributed by atoms with Crippen LogP contribution in [-0.2, 0) is 16.0 Å². The highest BCUT2D eigenvalue weighted by Gasteiger charge is 2.36. The molecule has 2 amide bonds. The highest BCUT2D eigenvalue weighted by atomic mass is 16.5. The third-order valence-electron chi connectivity index (χ3n) is 4.25. The Labute approximate surface area is 129 Å². The number of hydrogen-bond acceptors (Lipinski definition) is 4. The van der Waals surface area contributed by atoms with Gasteiger partial charge in [-0.3, -0.25) is 9.59 Å². The molecule has 2 atom stereocenters. The molecule has 2 aliphatic rings. The van der Waals surface area contributed by atoms with Crippen molar-refractivity contribution in [1.82, 2.24) is 10.2 Å². The molecule has 118 valence electrons. The van der Waals surface area contributed by atoms with Crippen molar-refractivity contribution in [3.8, 4) is 0 Å². The molecule has 6 nitrogen and oxygen atoms in total. The SMILES string of the molecule is NCCc1ccc(C(=O)N2CC[C@@H]3OCC(=O)N[C@H]3C2)cc1. The van der Waals surface area contributed by atoms with E-state index in [0.29, 0.717) is 25.2 Å². The Kier molecular flexibility index (Phi) is 4.40. The minimum absolute atomic E-state index is 0.00225. The van der Waals surface area contributed by atoms with Crippen LogP contribution in [0.25, 0.3) is 0 Å². The molecule has 22 heavy (non-hydrogen) atoms. The number of amides is 2. The first-order valence-corrected chi connectivity index (χ1v) is 7.66. The molecule has 3 rings (SSSR count). The Morgan fingerprint density at radius 3 is 2.86 bits per heavy atom. The maximum absolute atomic E-state index is 12.6. The van der Waals surface area contributed by atoms with Gasteiger partial charge < -0.3 is 20.7 Å². The minimum atomic E-state index is -0.110. The summed E-state index contributed by atoms with van der Waals surface area (Å²) in [6.45, 7) is 1.88. The summed E-state index contributed by atoms with van der Waals surface area (Å²) in [5.41, 5.74) is 7.33. The smallest absolute Gasteiger partial charge is 0.253 e. The average molecular weight is 303 g/mol. The van der Waals surface area contributed by atoms with Crippen LogP contribution in [0, 0.1) is 0 Å². The van der Waals surface area contributed by atoms with Crippen LogP contribution in [0.15, 0.2) is 24.3 Å². The molecule has 2 heterocycles. The van der Waals surface area contributed by atoms with Crippen molar-refractivity contribution in [3.05, 3.63) is 35.4 Å². The van der Waals surface area contributed by atoms with E-state index in [-0.39, 0.29) is 30.6 Å². The van der Waals surface area contributed by atoms with Crippen molar-refractivity contribution in [2.24, 2.45) is 5.73 Å². The lowest BCUT2D eigenvalue weighted by Gasteiger charge is -2.41. The molecular weight excluding hydrogens is 282 g/mol. The van der Waals surface area contributed by atoms with Gasteiger partial charge in [-0.25, -0.2) is 0 Å². The van der Waals surface area contributed by atoms with Gasteiger partial charge in [0.15, 0.2) is 0 Å². The van der Waals surface area contributed by atoms with E-state index in [1.807, 2.05) is 24.3 Å². The quantitative estimate of drug-likeness (QED) is 0.818. The van der Waals surface area contributed by atoms with Gasteiger partial charge in [0.1, 0.15) is 6.61 Å². The topological polar surface area (TPSA) is 84.7 Å². The molecule has 6 heteroatoms. The van der Waals surface area contributed by atoms with E-state index < -0.39 is 0 Å². The van der Waals surface area contributed by atoms with Crippen molar-refractivity contribution >= 4 is 11.8 Å². The summed E-state index contributed by atoms with van der Waals surface area (Å²) in [7, 11) is 0. The number of likely N-dealkylation sites (tertiary alicyclic amines) is 1. The van der Waals surface area contributed by atoms with Crippen molar-refractivity contribution < 1.29 is 14.3 Å². The lowest BCUT2D eigenvalue weighted by molar-refractivity contribution is -0.139. The van der Waals surface area contributed by atoms with E-state index in [1.54, 1.807) is 4.90 Å². The van der Waals surface area contributed by atoms with Crippen LogP contribution in [0.2, 0.25) is 0 Å². The largest absolute Gasteiger partial charge is 0.366 e. The van der Waals surface area contributed by atoms with E-state index in [9.17, 15) is 9.59 Å². The van der Waals surface area contributed by atoms with Gasteiger partial charge in [0.05, 0.1) is 12.1 Å². The molecule has 1 aromatic rings. The Morgan fingerprint density at radius 2 is 2.14 bits per heavy atom. The number of nitrogens with two attached hydrogens (primary N) is 1. The fourth-order valence-electron chi connectivity index (χ4n) is 3.05. The van der Waals surface area contributed by atoms with Gasteiger partial charge in [0.2, 0.25) is 5.91 Å². The summed E-state index contributed by atoms with van der Waals surface area (Å²) in [4.78, 5) is 25.8. The highest BCUT2D eigenvalue weighted by molar-refractivity contribution is 5.94. The number of benzene rings is 1. The molecule has 0 spiro atoms. The number of hydrogen-bond donors (Lipinski definition) is 2. The number of morpholine rings is 1. The molecule has 0 radical (unpaired) electrons. The lowest BCUT2D eigenvalue weighted by atomic mass is 9.99. The second-order valence-electron chi connectivity index (χ2n) is 5.80. The molecule has 0 bridgehead atoms. The van der Waals surface area contributed by atoms with Crippen LogP contribution in [0.1, 0.15) is 22.3 Å². The van der Waals surface area contributed by atoms with Gasteiger partial charge in [-0.1, -0.05) is 12.1 Å². The molecule has 0 saturated carbocycles. The van der Waals surface area contributed by atoms with E-state index in [0.717, 1.165) is 18.4 Å². The number of nitrogens with one attached hydrogen (secondary N) is 1. The van der Waals surface area contributed by atoms with E-state index >= 15 is 0 Å². The third-order valence-corrected chi connectivity index (χ3v) is 4.25. The van der Waals surface area contributed by atoms with Crippen LogP contribution in [-0.4, -0.2) is 55.1 Å². The molecule has 0 aromatic heterocycles. The number of ether oxygens (including phenoxy) is 1. The molecule has 2 fully saturated rings. The van der Waals surface area contributed by atoms with E-state index in [1.165, 1.54) is 0 Å². The Balaban J connectivity index is 1.66. The lowest BCUT2D eigenvalue weighted by Crippen LogP contribution is -2.61. The molecule has 2 saturated heterocycles. The minimum Gasteiger partial charge on any atom is -0.366 e. The van der Waals surface area contributed by atoms with Crippen LogP contribution < -0.4 is 11.1 Å². The van der Waals surface area contributed by atoms with Gasteiger partial charge in [0, 0.05) is 18.7 Å². The predicted molar refractivity (Wildman–Crippen MR) is 81.4 cm³/mol. The summed E-state index contributed by atoms with van der Waals surface area (Å²) in [6.07, 6.45) is 1.58. The third kappa shape index (κ3) is 3.13. The van der Waals surface area contributed by atoms with Crippen LogP contribution in [0.5, 0.6) is 0 Å².